The predicted molar refractivity (Wildman–Crippen MR) is 46.2 cm³/mol. The fraction of sp³-hybridized carbons (Fsp3) is 0.143. The van der Waals surface area contributed by atoms with Crippen molar-refractivity contribution in [2.24, 2.45) is 0 Å². The first-order chi connectivity index (χ1) is 6.61. The van der Waals surface area contributed by atoms with Crippen molar-refractivity contribution in [2.75, 3.05) is 0 Å². The minimum Gasteiger partial charge on any atom is -0.750 e. The molecule has 6 nitrogen and oxygen atoms in total. The summed E-state index contributed by atoms with van der Waals surface area (Å²) in [7, 11) is 0. The maximum absolute atomic E-state index is 10.4. The third-order valence-electron chi connectivity index (χ3n) is 1.45. The van der Waals surface area contributed by atoms with Crippen LogP contribution in [0, 0.1) is 10.1 Å². The molecule has 0 fully saturated rings. The number of benzene rings is 1. The summed E-state index contributed by atoms with van der Waals surface area (Å²) < 4.78 is 24.4. The summed E-state index contributed by atoms with van der Waals surface area (Å²) in [6.07, 6.45) is -1.67. The van der Waals surface area contributed by atoms with Crippen LogP contribution in [-0.2, 0) is 15.5 Å². The molecule has 2 unspecified atom stereocenters. The molecular formula is C7H6NNaO5S. The van der Waals surface area contributed by atoms with Gasteiger partial charge in [-0.1, -0.05) is 18.2 Å². The van der Waals surface area contributed by atoms with Gasteiger partial charge in [-0.15, -0.1) is 0 Å². The Bertz CT molecular complexity index is 346. The molecule has 0 aromatic heterocycles. The van der Waals surface area contributed by atoms with Crippen molar-refractivity contribution in [1.82, 2.24) is 0 Å². The number of rotatable bonds is 4. The molecule has 15 heavy (non-hydrogen) atoms. The summed E-state index contributed by atoms with van der Waals surface area (Å²) in [5, 5.41) is 10.4. The van der Waals surface area contributed by atoms with Crippen LogP contribution in [0.1, 0.15) is 11.8 Å². The van der Waals surface area contributed by atoms with Crippen LogP contribution in [0.4, 0.5) is 0 Å². The first kappa shape index (κ1) is 14.7. The van der Waals surface area contributed by atoms with Crippen molar-refractivity contribution in [2.45, 2.75) is 6.23 Å². The van der Waals surface area contributed by atoms with Gasteiger partial charge in [0, 0.05) is 0 Å². The van der Waals surface area contributed by atoms with Crippen molar-refractivity contribution in [3.63, 3.8) is 0 Å². The van der Waals surface area contributed by atoms with E-state index in [1.165, 1.54) is 12.1 Å². The molecule has 0 aliphatic carbocycles. The van der Waals surface area contributed by atoms with Gasteiger partial charge in [0.05, 0.1) is 21.8 Å². The van der Waals surface area contributed by atoms with Crippen molar-refractivity contribution in [3.8, 4) is 0 Å². The van der Waals surface area contributed by atoms with Crippen molar-refractivity contribution in [1.29, 1.82) is 0 Å². The third kappa shape index (κ3) is 4.83. The number of hydrogen-bond donors (Lipinski definition) is 0. The normalized spacial score (nSPS) is 13.7. The Kier molecular flexibility index (Phi) is 6.90. The van der Waals surface area contributed by atoms with E-state index in [0.717, 1.165) is 0 Å². The summed E-state index contributed by atoms with van der Waals surface area (Å²) in [6.45, 7) is 0. The van der Waals surface area contributed by atoms with Gasteiger partial charge in [0.2, 0.25) is 0 Å². The first-order valence-electron chi connectivity index (χ1n) is 3.56. The molecule has 0 saturated heterocycles. The maximum atomic E-state index is 10.4. The second-order valence-corrected chi connectivity index (χ2v) is 2.95. The smallest absolute Gasteiger partial charge is 0.750 e. The summed E-state index contributed by atoms with van der Waals surface area (Å²) >= 11 is -2.91. The van der Waals surface area contributed by atoms with Crippen LogP contribution in [-0.4, -0.2) is 13.7 Å². The minimum absolute atomic E-state index is 0. The Morgan fingerprint density at radius 1 is 1.33 bits per heavy atom. The summed E-state index contributed by atoms with van der Waals surface area (Å²) in [5.74, 6) is 0. The molecule has 0 spiro atoms. The molecule has 0 amide bonds. The van der Waals surface area contributed by atoms with Gasteiger partial charge in [0.1, 0.15) is 0 Å². The van der Waals surface area contributed by atoms with Gasteiger partial charge in [0.25, 0.3) is 0 Å². The molecule has 1 aromatic carbocycles. The molecule has 0 N–H and O–H groups in total. The molecule has 1 aromatic rings. The molecule has 1 rings (SSSR count). The Labute approximate surface area is 111 Å². The Morgan fingerprint density at radius 3 is 2.27 bits per heavy atom. The van der Waals surface area contributed by atoms with E-state index in [9.17, 15) is 18.9 Å². The SMILES string of the molecule is O=[N+]([O-])C(OS(=O)[O-])c1ccccc1.[Na+]. The number of nitrogens with zero attached hydrogens (tertiary/aromatic N) is 1. The second-order valence-electron chi connectivity index (χ2n) is 2.35. The monoisotopic (exact) mass is 239 g/mol. The van der Waals surface area contributed by atoms with Gasteiger partial charge in [0.15, 0.2) is 0 Å². The van der Waals surface area contributed by atoms with Crippen molar-refractivity contribution >= 4 is 11.4 Å². The predicted octanol–water partition coefficient (Wildman–Crippen LogP) is -2.22. The fourth-order valence-electron chi connectivity index (χ4n) is 0.905. The fourth-order valence-corrected chi connectivity index (χ4v) is 1.23. The van der Waals surface area contributed by atoms with E-state index >= 15 is 0 Å². The van der Waals surface area contributed by atoms with E-state index < -0.39 is 22.5 Å². The largest absolute Gasteiger partial charge is 1.00 e. The van der Waals surface area contributed by atoms with E-state index in [1.54, 1.807) is 18.2 Å². The van der Waals surface area contributed by atoms with Crippen LogP contribution in [0.15, 0.2) is 30.3 Å². The van der Waals surface area contributed by atoms with E-state index in [4.69, 9.17) is 0 Å². The standard InChI is InChI=1S/C7H7NO5S.Na/c9-8(10)7(13-14(11)12)6-4-2-1-3-5-6;/h1-5,7H,(H,11,12);/q;+1/p-1. The van der Waals surface area contributed by atoms with Gasteiger partial charge in [-0.2, -0.15) is 0 Å². The zero-order chi connectivity index (χ0) is 10.6. The maximum Gasteiger partial charge on any atom is 1.00 e. The van der Waals surface area contributed by atoms with Crippen LogP contribution in [0.3, 0.4) is 0 Å². The summed E-state index contributed by atoms with van der Waals surface area (Å²) in [4.78, 5) is 9.63. The average molecular weight is 239 g/mol. The third-order valence-corrected chi connectivity index (χ3v) is 1.79. The van der Waals surface area contributed by atoms with Crippen molar-refractivity contribution in [3.05, 3.63) is 46.0 Å². The second kappa shape index (κ2) is 7.04. The van der Waals surface area contributed by atoms with Crippen molar-refractivity contribution < 1.29 is 47.4 Å². The Hall–Kier alpha value is -0.310. The quantitative estimate of drug-likeness (QED) is 0.195. The first-order valence-corrected chi connectivity index (χ1v) is 4.56. The molecule has 0 bridgehead atoms. The Morgan fingerprint density at radius 2 is 1.87 bits per heavy atom. The zero-order valence-corrected chi connectivity index (χ0v) is 10.7. The summed E-state index contributed by atoms with van der Waals surface area (Å²) in [6, 6.07) is 7.61. The van der Waals surface area contributed by atoms with Gasteiger partial charge < -0.3 is 4.55 Å². The molecule has 8 heteroatoms. The average Bonchev–Trinajstić information content (AvgIpc) is 2.15. The van der Waals surface area contributed by atoms with E-state index in [1.807, 2.05) is 0 Å². The van der Waals surface area contributed by atoms with Crippen LogP contribution >= 0.6 is 0 Å². The molecule has 0 radical (unpaired) electrons. The Balaban J connectivity index is 0.00000196. The van der Waals surface area contributed by atoms with Crippen LogP contribution in [0.5, 0.6) is 0 Å². The van der Waals surface area contributed by atoms with Crippen LogP contribution in [0.25, 0.3) is 0 Å². The topological polar surface area (TPSA) is 92.5 Å². The van der Waals surface area contributed by atoms with Gasteiger partial charge in [-0.25, -0.2) is 8.39 Å². The molecule has 0 heterocycles. The van der Waals surface area contributed by atoms with Gasteiger partial charge in [-0.05, 0) is 12.1 Å². The number of hydrogen-bond acceptors (Lipinski definition) is 5. The number of nitro groups is 1. The zero-order valence-electron chi connectivity index (χ0n) is 7.86. The van der Waals surface area contributed by atoms with Gasteiger partial charge in [-0.3, -0.25) is 10.1 Å². The summed E-state index contributed by atoms with van der Waals surface area (Å²) in [5.41, 5.74) is 0.182. The van der Waals surface area contributed by atoms with Crippen LogP contribution < -0.4 is 29.6 Å². The molecule has 0 aliphatic heterocycles. The molecule has 0 saturated carbocycles. The van der Waals surface area contributed by atoms with E-state index in [2.05, 4.69) is 4.18 Å². The van der Waals surface area contributed by atoms with Gasteiger partial charge >= 0.3 is 35.8 Å². The molecule has 76 valence electrons. The molecular weight excluding hydrogens is 233 g/mol. The molecule has 2 atom stereocenters. The van der Waals surface area contributed by atoms with E-state index in [-0.39, 0.29) is 35.1 Å². The van der Waals surface area contributed by atoms with E-state index in [0.29, 0.717) is 0 Å². The molecule has 0 aliphatic rings. The van der Waals surface area contributed by atoms with Crippen LogP contribution in [0.2, 0.25) is 0 Å². The minimum atomic E-state index is -2.91.